The van der Waals surface area contributed by atoms with Crippen LogP contribution in [0.1, 0.15) is 51.9 Å². The second-order valence-corrected chi connectivity index (χ2v) is 8.19. The van der Waals surface area contributed by atoms with Crippen LogP contribution in [0.15, 0.2) is 0 Å². The molecule has 3 unspecified atom stereocenters. The summed E-state index contributed by atoms with van der Waals surface area (Å²) in [4.78, 5) is 13.0. The molecule has 21 heavy (non-hydrogen) atoms. The number of carbonyl (C=O) groups excluding carboxylic acids is 1. The number of aliphatic hydroxyl groups excluding tert-OH is 1. The van der Waals surface area contributed by atoms with Gasteiger partial charge in [0.15, 0.2) is 0 Å². The lowest BCUT2D eigenvalue weighted by Crippen LogP contribution is -2.58. The standard InChI is InChI=1S/C17H29NO3/c1-16-6-12-5-13(7-16)9-17(8-12,11-16)15(20)18-14(3-4-19)10-21-2/h12-14,19H,3-11H2,1-2H3,(H,18,20). The average molecular weight is 295 g/mol. The molecule has 4 nitrogen and oxygen atoms in total. The quantitative estimate of drug-likeness (QED) is 0.789. The van der Waals surface area contributed by atoms with Crippen LogP contribution in [-0.4, -0.2) is 37.4 Å². The number of rotatable bonds is 6. The van der Waals surface area contributed by atoms with Crippen molar-refractivity contribution in [3.8, 4) is 0 Å². The van der Waals surface area contributed by atoms with Crippen molar-refractivity contribution in [2.45, 2.75) is 57.9 Å². The highest BCUT2D eigenvalue weighted by atomic mass is 16.5. The molecule has 4 aliphatic carbocycles. The second-order valence-electron chi connectivity index (χ2n) is 8.19. The number of hydrogen-bond acceptors (Lipinski definition) is 3. The summed E-state index contributed by atoms with van der Waals surface area (Å²) in [5, 5.41) is 12.3. The molecule has 4 aliphatic rings. The van der Waals surface area contributed by atoms with Crippen molar-refractivity contribution in [2.75, 3.05) is 20.3 Å². The molecule has 3 atom stereocenters. The second kappa shape index (κ2) is 5.54. The minimum atomic E-state index is -0.139. The van der Waals surface area contributed by atoms with E-state index >= 15 is 0 Å². The van der Waals surface area contributed by atoms with Crippen LogP contribution in [0.5, 0.6) is 0 Å². The first-order valence-corrected chi connectivity index (χ1v) is 8.39. The molecule has 1 amide bonds. The van der Waals surface area contributed by atoms with Gasteiger partial charge in [0.25, 0.3) is 0 Å². The highest BCUT2D eigenvalue weighted by Crippen LogP contribution is 2.65. The lowest BCUT2D eigenvalue weighted by molar-refractivity contribution is -0.156. The first-order chi connectivity index (χ1) is 9.98. The predicted molar refractivity (Wildman–Crippen MR) is 80.7 cm³/mol. The van der Waals surface area contributed by atoms with Gasteiger partial charge in [-0.05, 0) is 62.2 Å². The van der Waals surface area contributed by atoms with E-state index in [2.05, 4.69) is 12.2 Å². The van der Waals surface area contributed by atoms with Crippen molar-refractivity contribution in [1.82, 2.24) is 5.32 Å². The largest absolute Gasteiger partial charge is 0.396 e. The van der Waals surface area contributed by atoms with Crippen LogP contribution in [0.25, 0.3) is 0 Å². The molecule has 4 bridgehead atoms. The number of methoxy groups -OCH3 is 1. The number of amides is 1. The summed E-state index contributed by atoms with van der Waals surface area (Å²) in [6.45, 7) is 2.95. The predicted octanol–water partition coefficient (Wildman–Crippen LogP) is 2.11. The molecule has 0 aromatic rings. The zero-order valence-corrected chi connectivity index (χ0v) is 13.4. The summed E-state index contributed by atoms with van der Waals surface area (Å²) >= 11 is 0. The highest BCUT2D eigenvalue weighted by molar-refractivity contribution is 5.83. The third-order valence-electron chi connectivity index (χ3n) is 6.02. The summed E-state index contributed by atoms with van der Waals surface area (Å²) in [5.41, 5.74) is 0.245. The van der Waals surface area contributed by atoms with Crippen LogP contribution in [0.2, 0.25) is 0 Å². The van der Waals surface area contributed by atoms with Crippen LogP contribution in [0.3, 0.4) is 0 Å². The molecule has 4 saturated carbocycles. The van der Waals surface area contributed by atoms with Gasteiger partial charge in [0.1, 0.15) is 0 Å². The van der Waals surface area contributed by atoms with Crippen LogP contribution >= 0.6 is 0 Å². The fourth-order valence-electron chi connectivity index (χ4n) is 5.88. The molecular formula is C17H29NO3. The van der Waals surface area contributed by atoms with E-state index in [1.165, 1.54) is 19.3 Å². The molecule has 0 spiro atoms. The monoisotopic (exact) mass is 295 g/mol. The van der Waals surface area contributed by atoms with E-state index in [1.807, 2.05) is 0 Å². The lowest BCUT2D eigenvalue weighted by Gasteiger charge is -2.60. The first kappa shape index (κ1) is 15.3. The molecule has 0 aromatic carbocycles. The van der Waals surface area contributed by atoms with Gasteiger partial charge >= 0.3 is 0 Å². The molecular weight excluding hydrogens is 266 g/mol. The van der Waals surface area contributed by atoms with Gasteiger partial charge in [-0.2, -0.15) is 0 Å². The molecule has 0 aromatic heterocycles. The van der Waals surface area contributed by atoms with E-state index in [1.54, 1.807) is 7.11 Å². The van der Waals surface area contributed by atoms with Gasteiger partial charge in [0.2, 0.25) is 5.91 Å². The van der Waals surface area contributed by atoms with E-state index in [-0.39, 0.29) is 24.0 Å². The Balaban J connectivity index is 1.71. The maximum Gasteiger partial charge on any atom is 0.226 e. The maximum atomic E-state index is 13.0. The van der Waals surface area contributed by atoms with Crippen molar-refractivity contribution in [3.05, 3.63) is 0 Å². The summed E-state index contributed by atoms with van der Waals surface area (Å²) in [6, 6.07) is -0.0617. The van der Waals surface area contributed by atoms with E-state index in [9.17, 15) is 4.79 Å². The maximum absolute atomic E-state index is 13.0. The van der Waals surface area contributed by atoms with Crippen molar-refractivity contribution in [1.29, 1.82) is 0 Å². The van der Waals surface area contributed by atoms with Crippen LogP contribution in [-0.2, 0) is 9.53 Å². The fraction of sp³-hybridized carbons (Fsp3) is 0.941. The molecule has 120 valence electrons. The Morgan fingerprint density at radius 3 is 2.52 bits per heavy atom. The smallest absolute Gasteiger partial charge is 0.226 e. The molecule has 4 fully saturated rings. The minimum Gasteiger partial charge on any atom is -0.396 e. The fourth-order valence-corrected chi connectivity index (χ4v) is 5.88. The topological polar surface area (TPSA) is 58.6 Å². The number of aliphatic hydroxyl groups is 1. The van der Waals surface area contributed by atoms with Gasteiger partial charge in [-0.25, -0.2) is 0 Å². The third-order valence-corrected chi connectivity index (χ3v) is 6.02. The summed E-state index contributed by atoms with van der Waals surface area (Å²) in [7, 11) is 1.64. The number of carbonyl (C=O) groups is 1. The number of ether oxygens (including phenoxy) is 1. The van der Waals surface area contributed by atoms with Crippen molar-refractivity contribution < 1.29 is 14.6 Å². The van der Waals surface area contributed by atoms with Gasteiger partial charge < -0.3 is 15.2 Å². The van der Waals surface area contributed by atoms with Crippen LogP contribution < -0.4 is 5.32 Å². The Morgan fingerprint density at radius 2 is 2.00 bits per heavy atom. The Kier molecular flexibility index (Phi) is 4.04. The first-order valence-electron chi connectivity index (χ1n) is 8.39. The molecule has 0 radical (unpaired) electrons. The minimum absolute atomic E-state index is 0.0617. The summed E-state index contributed by atoms with van der Waals surface area (Å²) in [5.74, 6) is 1.72. The van der Waals surface area contributed by atoms with Gasteiger partial charge in [-0.1, -0.05) is 6.92 Å². The summed E-state index contributed by atoms with van der Waals surface area (Å²) < 4.78 is 5.17. The molecule has 2 N–H and O–H groups in total. The van der Waals surface area contributed by atoms with E-state index < -0.39 is 0 Å². The van der Waals surface area contributed by atoms with Gasteiger partial charge in [-0.15, -0.1) is 0 Å². The van der Waals surface area contributed by atoms with E-state index in [0.717, 1.165) is 31.1 Å². The van der Waals surface area contributed by atoms with Crippen molar-refractivity contribution >= 4 is 5.91 Å². The third kappa shape index (κ3) is 2.85. The van der Waals surface area contributed by atoms with E-state index in [4.69, 9.17) is 9.84 Å². The van der Waals surface area contributed by atoms with Gasteiger partial charge in [-0.3, -0.25) is 4.79 Å². The summed E-state index contributed by atoms with van der Waals surface area (Å²) in [6.07, 6.45) is 7.74. The van der Waals surface area contributed by atoms with Crippen LogP contribution in [0, 0.1) is 22.7 Å². The Labute approximate surface area is 127 Å². The Morgan fingerprint density at radius 1 is 1.33 bits per heavy atom. The Hall–Kier alpha value is -0.610. The van der Waals surface area contributed by atoms with Crippen LogP contribution in [0.4, 0.5) is 0 Å². The Bertz CT molecular complexity index is 389. The molecule has 4 rings (SSSR count). The molecule has 0 aliphatic heterocycles. The SMILES string of the molecule is COCC(CCO)NC(=O)C12CC3CC(CC(C)(C3)C1)C2. The number of nitrogens with one attached hydrogen (secondary N) is 1. The zero-order chi connectivity index (χ0) is 15.1. The van der Waals surface area contributed by atoms with Gasteiger partial charge in [0.05, 0.1) is 18.1 Å². The molecule has 0 saturated heterocycles. The molecule has 0 heterocycles. The van der Waals surface area contributed by atoms with Gasteiger partial charge in [0, 0.05) is 13.7 Å². The van der Waals surface area contributed by atoms with E-state index in [0.29, 0.717) is 18.4 Å². The normalized spacial score (nSPS) is 42.0. The molecule has 4 heteroatoms. The lowest BCUT2D eigenvalue weighted by atomic mass is 9.44. The van der Waals surface area contributed by atoms with Crippen molar-refractivity contribution in [2.24, 2.45) is 22.7 Å². The van der Waals surface area contributed by atoms with Crippen molar-refractivity contribution in [3.63, 3.8) is 0 Å². The average Bonchev–Trinajstić information content (AvgIpc) is 2.36. The zero-order valence-electron chi connectivity index (χ0n) is 13.4. The highest BCUT2D eigenvalue weighted by Gasteiger charge is 2.58. The number of hydrogen-bond donors (Lipinski definition) is 2.